The summed E-state index contributed by atoms with van der Waals surface area (Å²) in [6.45, 7) is 15.1. The first-order valence-electron chi connectivity index (χ1n) is 9.46. The molecule has 0 bridgehead atoms. The molecule has 4 nitrogen and oxygen atoms in total. The van der Waals surface area contributed by atoms with E-state index in [1.807, 2.05) is 6.92 Å². The standard InChI is InChI=1S/C19H36O4.Ac/c1-8-15-11(4)10(3)12(5)19(22-15)23-18-13(6)17(20)14(7)21-16(18)9-2;/h10-20H,8-9H2,1-7H3;/t10-,11+,12?,13+,14-,15?,16?,17?,18+,19-;/m0./s1. The van der Waals surface area contributed by atoms with Gasteiger partial charge in [0.15, 0.2) is 6.29 Å². The van der Waals surface area contributed by atoms with Crippen LogP contribution in [0.1, 0.15) is 61.3 Å². The van der Waals surface area contributed by atoms with Gasteiger partial charge in [-0.15, -0.1) is 0 Å². The molecule has 0 spiro atoms. The summed E-state index contributed by atoms with van der Waals surface area (Å²) in [5, 5.41) is 10.4. The van der Waals surface area contributed by atoms with Crippen molar-refractivity contribution in [2.24, 2.45) is 23.7 Å². The van der Waals surface area contributed by atoms with Crippen molar-refractivity contribution in [2.45, 2.75) is 98.1 Å². The Labute approximate surface area is 183 Å². The topological polar surface area (TPSA) is 47.9 Å². The molecule has 0 aromatic heterocycles. The van der Waals surface area contributed by atoms with Crippen LogP contribution >= 0.6 is 0 Å². The minimum absolute atomic E-state index is 0. The molecule has 2 fully saturated rings. The predicted octanol–water partition coefficient (Wildman–Crippen LogP) is 3.61. The van der Waals surface area contributed by atoms with Crippen molar-refractivity contribution in [2.75, 3.05) is 0 Å². The minimum Gasteiger partial charge on any atom is -0.390 e. The van der Waals surface area contributed by atoms with Gasteiger partial charge in [0.1, 0.15) is 0 Å². The van der Waals surface area contributed by atoms with E-state index in [1.165, 1.54) is 0 Å². The van der Waals surface area contributed by atoms with Gasteiger partial charge in [0.05, 0.1) is 30.5 Å². The maximum absolute atomic E-state index is 10.4. The van der Waals surface area contributed by atoms with Crippen LogP contribution in [0.3, 0.4) is 0 Å². The Kier molecular flexibility index (Phi) is 9.72. The van der Waals surface area contributed by atoms with Crippen molar-refractivity contribution in [1.82, 2.24) is 0 Å². The summed E-state index contributed by atoms with van der Waals surface area (Å²) in [6, 6.07) is 0. The van der Waals surface area contributed by atoms with Crippen LogP contribution in [0.15, 0.2) is 0 Å². The van der Waals surface area contributed by atoms with Crippen LogP contribution < -0.4 is 0 Å². The van der Waals surface area contributed by atoms with Crippen LogP contribution in [0, 0.1) is 67.7 Å². The fraction of sp³-hybridized carbons (Fsp3) is 1.00. The van der Waals surface area contributed by atoms with E-state index in [1.54, 1.807) is 0 Å². The van der Waals surface area contributed by atoms with E-state index in [2.05, 4.69) is 41.5 Å². The summed E-state index contributed by atoms with van der Waals surface area (Å²) in [5.74, 6) is 1.49. The maximum atomic E-state index is 10.4. The van der Waals surface area contributed by atoms with Crippen molar-refractivity contribution >= 4 is 0 Å². The summed E-state index contributed by atoms with van der Waals surface area (Å²) < 4.78 is 18.7. The monoisotopic (exact) mass is 555 g/mol. The minimum atomic E-state index is -0.486. The molecule has 24 heavy (non-hydrogen) atoms. The molecule has 2 saturated heterocycles. The zero-order valence-electron chi connectivity index (χ0n) is 16.4. The fourth-order valence-electron chi connectivity index (χ4n) is 4.20. The molecule has 2 rings (SSSR count). The van der Waals surface area contributed by atoms with E-state index in [9.17, 15) is 5.11 Å². The molecule has 1 N–H and O–H groups in total. The van der Waals surface area contributed by atoms with Gasteiger partial charge in [0, 0.05) is 55.9 Å². The zero-order valence-corrected chi connectivity index (χ0v) is 21.2. The van der Waals surface area contributed by atoms with Crippen molar-refractivity contribution in [1.29, 1.82) is 0 Å². The smallest absolute Gasteiger partial charge is 0.161 e. The van der Waals surface area contributed by atoms with E-state index in [-0.39, 0.29) is 80.7 Å². The Balaban J connectivity index is 0.00000288. The third-order valence-corrected chi connectivity index (χ3v) is 6.37. The second-order valence-electron chi connectivity index (χ2n) is 7.77. The first-order chi connectivity index (χ1) is 10.8. The molecule has 0 saturated carbocycles. The summed E-state index contributed by atoms with van der Waals surface area (Å²) in [4.78, 5) is 0. The Morgan fingerprint density at radius 1 is 0.792 bits per heavy atom. The molecule has 2 aliphatic heterocycles. The van der Waals surface area contributed by atoms with Crippen molar-refractivity contribution in [3.8, 4) is 0 Å². The van der Waals surface area contributed by atoms with Gasteiger partial charge in [-0.25, -0.2) is 0 Å². The van der Waals surface area contributed by atoms with E-state index < -0.39 is 6.10 Å². The normalized spacial score (nSPS) is 49.5. The van der Waals surface area contributed by atoms with Crippen LogP contribution in [-0.4, -0.2) is 41.9 Å². The molecule has 2 heterocycles. The number of hydrogen-bond acceptors (Lipinski definition) is 4. The number of aliphatic hydroxyl groups excluding tert-OH is 1. The zero-order chi connectivity index (χ0) is 17.3. The molecule has 2 aliphatic rings. The van der Waals surface area contributed by atoms with Gasteiger partial charge in [-0.2, -0.15) is 0 Å². The van der Waals surface area contributed by atoms with E-state index >= 15 is 0 Å². The SMILES string of the molecule is CCC1O[C@@H](O[C@H]2C(CC)O[C@@H](C)C(O)[C@H]2C)C(C)[C@@H](C)[C@H]1C.[Ac]. The molecule has 0 aromatic carbocycles. The molecule has 0 aromatic rings. The van der Waals surface area contributed by atoms with E-state index in [0.717, 1.165) is 12.8 Å². The Hall–Kier alpha value is 1.28. The van der Waals surface area contributed by atoms with Gasteiger partial charge < -0.3 is 19.3 Å². The first kappa shape index (κ1) is 23.3. The van der Waals surface area contributed by atoms with Crippen molar-refractivity contribution in [3.05, 3.63) is 0 Å². The molecule has 4 unspecified atom stereocenters. The van der Waals surface area contributed by atoms with Crippen LogP contribution in [-0.2, 0) is 14.2 Å². The van der Waals surface area contributed by atoms with Gasteiger partial charge in [-0.3, -0.25) is 0 Å². The van der Waals surface area contributed by atoms with Crippen molar-refractivity contribution in [3.63, 3.8) is 0 Å². The molecule has 1 radical (unpaired) electrons. The Bertz CT molecular complexity index is 376. The Morgan fingerprint density at radius 2 is 1.38 bits per heavy atom. The van der Waals surface area contributed by atoms with Crippen LogP contribution in [0.5, 0.6) is 0 Å². The second kappa shape index (κ2) is 10.00. The number of aliphatic hydroxyl groups is 1. The maximum Gasteiger partial charge on any atom is 0.161 e. The van der Waals surface area contributed by atoms with Gasteiger partial charge in [0.25, 0.3) is 0 Å². The molecule has 0 amide bonds. The van der Waals surface area contributed by atoms with Gasteiger partial charge in [-0.1, -0.05) is 41.5 Å². The summed E-state index contributed by atoms with van der Waals surface area (Å²) in [5.41, 5.74) is 0. The van der Waals surface area contributed by atoms with Gasteiger partial charge in [0.2, 0.25) is 0 Å². The number of hydrogen-bond donors (Lipinski definition) is 1. The molecular weight excluding hydrogens is 519 g/mol. The number of ether oxygens (including phenoxy) is 3. The van der Waals surface area contributed by atoms with E-state index in [0.29, 0.717) is 17.8 Å². The molecule has 0 aliphatic carbocycles. The number of rotatable bonds is 4. The largest absolute Gasteiger partial charge is 0.390 e. The third kappa shape index (κ3) is 4.76. The average Bonchev–Trinajstić information content (AvgIpc) is 2.55. The third-order valence-electron chi connectivity index (χ3n) is 6.37. The predicted molar refractivity (Wildman–Crippen MR) is 91.1 cm³/mol. The summed E-state index contributed by atoms with van der Waals surface area (Å²) in [6.07, 6.45) is 1.21. The molecule has 5 heteroatoms. The Morgan fingerprint density at radius 3 is 1.92 bits per heavy atom. The second-order valence-corrected chi connectivity index (χ2v) is 7.77. The van der Waals surface area contributed by atoms with Crippen LogP contribution in [0.25, 0.3) is 0 Å². The van der Waals surface area contributed by atoms with Crippen LogP contribution in [0.4, 0.5) is 0 Å². The summed E-state index contributed by atoms with van der Waals surface area (Å²) in [7, 11) is 0. The van der Waals surface area contributed by atoms with Crippen LogP contribution in [0.2, 0.25) is 0 Å². The van der Waals surface area contributed by atoms with Gasteiger partial charge >= 0.3 is 0 Å². The van der Waals surface area contributed by atoms with Crippen molar-refractivity contribution < 1.29 is 63.4 Å². The van der Waals surface area contributed by atoms with Gasteiger partial charge in [-0.05, 0) is 31.6 Å². The fourth-order valence-corrected chi connectivity index (χ4v) is 4.20. The molecular formula is C19H36AcO4. The molecule has 139 valence electrons. The first-order valence-corrected chi connectivity index (χ1v) is 9.46. The summed E-state index contributed by atoms with van der Waals surface area (Å²) >= 11 is 0. The average molecular weight is 555 g/mol. The quantitative estimate of drug-likeness (QED) is 0.576. The van der Waals surface area contributed by atoms with E-state index in [4.69, 9.17) is 14.2 Å². The molecule has 10 atom stereocenters.